The number of aryl methyl sites for hydroxylation is 3. The van der Waals surface area contributed by atoms with Gasteiger partial charge in [0.2, 0.25) is 0 Å². The largest absolute Gasteiger partial charge is 0.491 e. The van der Waals surface area contributed by atoms with Gasteiger partial charge < -0.3 is 10.1 Å². The van der Waals surface area contributed by atoms with Gasteiger partial charge in [-0.1, -0.05) is 18.2 Å². The van der Waals surface area contributed by atoms with Crippen molar-refractivity contribution in [2.24, 2.45) is 0 Å². The number of carbonyl (C=O) groups is 1. The Morgan fingerprint density at radius 1 is 1.33 bits per heavy atom. The zero-order chi connectivity index (χ0) is 15.4. The van der Waals surface area contributed by atoms with E-state index in [9.17, 15) is 4.79 Å². The number of hydrogen-bond acceptors (Lipinski definition) is 4. The third-order valence-electron chi connectivity index (χ3n) is 3.12. The molecule has 2 aromatic rings. The molecule has 0 aliphatic carbocycles. The second-order valence-electron chi connectivity index (χ2n) is 5.16. The van der Waals surface area contributed by atoms with Crippen molar-refractivity contribution < 1.29 is 9.53 Å². The van der Waals surface area contributed by atoms with Crippen molar-refractivity contribution in [3.05, 3.63) is 45.4 Å². The maximum absolute atomic E-state index is 12.0. The van der Waals surface area contributed by atoms with Gasteiger partial charge in [0.05, 0.1) is 11.0 Å². The summed E-state index contributed by atoms with van der Waals surface area (Å²) in [5.74, 6) is 0.736. The molecule has 0 bridgehead atoms. The molecule has 0 aliphatic heterocycles. The average molecular weight is 304 g/mol. The summed E-state index contributed by atoms with van der Waals surface area (Å²) in [5, 5.41) is 5.56. The lowest BCUT2D eigenvalue weighted by Crippen LogP contribution is -2.37. The van der Waals surface area contributed by atoms with E-state index in [1.807, 2.05) is 45.9 Å². The maximum Gasteiger partial charge on any atom is 0.271 e. The van der Waals surface area contributed by atoms with Crippen LogP contribution >= 0.6 is 11.3 Å². The van der Waals surface area contributed by atoms with E-state index in [4.69, 9.17) is 4.74 Å². The van der Waals surface area contributed by atoms with Gasteiger partial charge >= 0.3 is 0 Å². The molecule has 0 saturated heterocycles. The molecule has 112 valence electrons. The van der Waals surface area contributed by atoms with Gasteiger partial charge in [-0.05, 0) is 38.8 Å². The number of aromatic nitrogens is 1. The fourth-order valence-corrected chi connectivity index (χ4v) is 2.64. The Morgan fingerprint density at radius 3 is 2.57 bits per heavy atom. The topological polar surface area (TPSA) is 51.2 Å². The number of hydrogen-bond donors (Lipinski definition) is 1. The highest BCUT2D eigenvalue weighted by atomic mass is 32.1. The first-order valence-electron chi connectivity index (χ1n) is 6.89. The van der Waals surface area contributed by atoms with Crippen LogP contribution in [-0.4, -0.2) is 23.5 Å². The van der Waals surface area contributed by atoms with Crippen LogP contribution in [0.15, 0.2) is 23.6 Å². The highest BCUT2D eigenvalue weighted by molar-refractivity contribution is 7.09. The van der Waals surface area contributed by atoms with Crippen LogP contribution in [0.2, 0.25) is 0 Å². The van der Waals surface area contributed by atoms with Gasteiger partial charge in [0.15, 0.2) is 0 Å². The van der Waals surface area contributed by atoms with E-state index in [-0.39, 0.29) is 11.9 Å². The van der Waals surface area contributed by atoms with Crippen molar-refractivity contribution in [1.82, 2.24) is 10.3 Å². The Morgan fingerprint density at radius 2 is 2.00 bits per heavy atom. The molecule has 1 heterocycles. The molecule has 1 aromatic carbocycles. The Kier molecular flexibility index (Phi) is 4.96. The zero-order valence-corrected chi connectivity index (χ0v) is 13.6. The molecule has 1 N–H and O–H groups in total. The van der Waals surface area contributed by atoms with Gasteiger partial charge in [0.1, 0.15) is 18.1 Å². The number of benzene rings is 1. The molecule has 0 saturated carbocycles. The molecule has 2 rings (SSSR count). The van der Waals surface area contributed by atoms with Crippen LogP contribution in [0.3, 0.4) is 0 Å². The van der Waals surface area contributed by atoms with Gasteiger partial charge in [0, 0.05) is 5.38 Å². The van der Waals surface area contributed by atoms with Crippen LogP contribution in [0.1, 0.15) is 33.5 Å². The number of rotatable bonds is 5. The Bertz CT molecular complexity index is 617. The summed E-state index contributed by atoms with van der Waals surface area (Å²) >= 11 is 1.47. The van der Waals surface area contributed by atoms with E-state index in [0.29, 0.717) is 12.3 Å². The summed E-state index contributed by atoms with van der Waals surface area (Å²) in [6.07, 6.45) is 0. The van der Waals surface area contributed by atoms with E-state index >= 15 is 0 Å². The van der Waals surface area contributed by atoms with Crippen molar-refractivity contribution in [1.29, 1.82) is 0 Å². The first-order valence-corrected chi connectivity index (χ1v) is 7.77. The third-order valence-corrected chi connectivity index (χ3v) is 3.89. The van der Waals surface area contributed by atoms with Crippen molar-refractivity contribution in [2.45, 2.75) is 33.7 Å². The smallest absolute Gasteiger partial charge is 0.271 e. The molecule has 1 aromatic heterocycles. The lowest BCUT2D eigenvalue weighted by molar-refractivity contribution is 0.0922. The maximum atomic E-state index is 12.0. The summed E-state index contributed by atoms with van der Waals surface area (Å²) in [5.41, 5.74) is 2.67. The summed E-state index contributed by atoms with van der Waals surface area (Å²) in [4.78, 5) is 16.2. The average Bonchev–Trinajstić information content (AvgIpc) is 2.85. The number of nitrogens with zero attached hydrogens (tertiary/aromatic N) is 1. The molecule has 4 nitrogen and oxygen atoms in total. The number of nitrogens with one attached hydrogen (secondary N) is 1. The molecular weight excluding hydrogens is 284 g/mol. The highest BCUT2D eigenvalue weighted by Crippen LogP contribution is 2.22. The molecule has 0 unspecified atom stereocenters. The SMILES string of the molecule is Cc1nc(C(=O)N[C@H](C)COc2c(C)cccc2C)cs1. The fourth-order valence-electron chi connectivity index (χ4n) is 2.04. The van der Waals surface area contributed by atoms with Crippen LogP contribution in [-0.2, 0) is 0 Å². The number of amides is 1. The predicted molar refractivity (Wildman–Crippen MR) is 85.2 cm³/mol. The molecule has 1 amide bonds. The lowest BCUT2D eigenvalue weighted by Gasteiger charge is -2.17. The number of thiazole rings is 1. The Labute approximate surface area is 129 Å². The molecule has 0 radical (unpaired) electrons. The minimum Gasteiger partial charge on any atom is -0.491 e. The monoisotopic (exact) mass is 304 g/mol. The molecular formula is C16H20N2O2S. The van der Waals surface area contributed by atoms with Crippen molar-refractivity contribution >= 4 is 17.2 Å². The second kappa shape index (κ2) is 6.72. The van der Waals surface area contributed by atoms with Crippen LogP contribution in [0, 0.1) is 20.8 Å². The van der Waals surface area contributed by atoms with Crippen LogP contribution in [0.4, 0.5) is 0 Å². The van der Waals surface area contributed by atoms with E-state index in [0.717, 1.165) is 21.9 Å². The van der Waals surface area contributed by atoms with E-state index < -0.39 is 0 Å². The molecule has 0 fully saturated rings. The minimum absolute atomic E-state index is 0.0847. The molecule has 5 heteroatoms. The Hall–Kier alpha value is -1.88. The highest BCUT2D eigenvalue weighted by Gasteiger charge is 2.13. The van der Waals surface area contributed by atoms with Gasteiger partial charge in [-0.3, -0.25) is 4.79 Å². The normalized spacial score (nSPS) is 12.0. The van der Waals surface area contributed by atoms with Crippen LogP contribution in [0.25, 0.3) is 0 Å². The molecule has 0 aliphatic rings. The summed E-state index contributed by atoms with van der Waals surface area (Å²) in [7, 11) is 0. The van der Waals surface area contributed by atoms with E-state index in [1.54, 1.807) is 5.38 Å². The van der Waals surface area contributed by atoms with Crippen molar-refractivity contribution in [3.63, 3.8) is 0 Å². The van der Waals surface area contributed by atoms with Crippen molar-refractivity contribution in [3.8, 4) is 5.75 Å². The fraction of sp³-hybridized carbons (Fsp3) is 0.375. The van der Waals surface area contributed by atoms with Gasteiger partial charge in [-0.25, -0.2) is 4.98 Å². The van der Waals surface area contributed by atoms with Gasteiger partial charge in [-0.15, -0.1) is 11.3 Å². The van der Waals surface area contributed by atoms with Crippen LogP contribution < -0.4 is 10.1 Å². The Balaban J connectivity index is 1.90. The summed E-state index contributed by atoms with van der Waals surface area (Å²) in [6.45, 7) is 8.27. The number of carbonyl (C=O) groups excluding carboxylic acids is 1. The quantitative estimate of drug-likeness (QED) is 0.922. The standard InChI is InChI=1S/C16H20N2O2S/c1-10-6-5-7-11(2)15(10)20-8-12(3)17-16(19)14-9-21-13(4)18-14/h5-7,9,12H,8H2,1-4H3,(H,17,19)/t12-/m1/s1. The van der Waals surface area contributed by atoms with Gasteiger partial charge in [-0.2, -0.15) is 0 Å². The number of ether oxygens (including phenoxy) is 1. The predicted octanol–water partition coefficient (Wildman–Crippen LogP) is 3.27. The second-order valence-corrected chi connectivity index (χ2v) is 6.22. The molecule has 1 atom stereocenters. The lowest BCUT2D eigenvalue weighted by atomic mass is 10.1. The van der Waals surface area contributed by atoms with Crippen molar-refractivity contribution in [2.75, 3.05) is 6.61 Å². The minimum atomic E-state index is -0.156. The zero-order valence-electron chi connectivity index (χ0n) is 12.8. The third kappa shape index (κ3) is 4.04. The number of para-hydroxylation sites is 1. The summed E-state index contributed by atoms with van der Waals surface area (Å²) < 4.78 is 5.84. The van der Waals surface area contributed by atoms with Gasteiger partial charge in [0.25, 0.3) is 5.91 Å². The van der Waals surface area contributed by atoms with E-state index in [1.165, 1.54) is 11.3 Å². The van der Waals surface area contributed by atoms with E-state index in [2.05, 4.69) is 10.3 Å². The summed E-state index contributed by atoms with van der Waals surface area (Å²) in [6, 6.07) is 5.96. The first-order chi connectivity index (χ1) is 9.97. The molecule has 0 spiro atoms. The van der Waals surface area contributed by atoms with Crippen LogP contribution in [0.5, 0.6) is 5.75 Å². The molecule has 21 heavy (non-hydrogen) atoms. The first kappa shape index (κ1) is 15.5.